The predicted molar refractivity (Wildman–Crippen MR) is 135 cm³/mol. The van der Waals surface area contributed by atoms with Crippen molar-refractivity contribution in [3.05, 3.63) is 51.0 Å². The number of carbonyl (C=O) groups is 2. The molecule has 184 valence electrons. The summed E-state index contributed by atoms with van der Waals surface area (Å²) in [4.78, 5) is 29.1. The molecule has 0 radical (unpaired) electrons. The molecule has 0 spiro atoms. The maximum absolute atomic E-state index is 13.3. The molecule has 0 atom stereocenters. The summed E-state index contributed by atoms with van der Waals surface area (Å²) in [5, 5.41) is 9.41. The van der Waals surface area contributed by atoms with Crippen molar-refractivity contribution in [3.8, 4) is 0 Å². The standard InChI is InChI=1S/C22H26BrClN4O5S/c1-3-34(32,33)20-5-4-15(24)11-19(20)26(2)21(29)16-12-17(23)14(10-18(16)25)13-27-6-8-28(9-7-27)22(30)31/h4-5,10-12H,3,6-9,13,25H2,1-2H3,(H,30,31). The number of carbonyl (C=O) groups excluding carboxylic acids is 1. The molecule has 1 aliphatic rings. The number of hydrogen-bond donors (Lipinski definition) is 2. The van der Waals surface area contributed by atoms with Gasteiger partial charge in [0.2, 0.25) is 0 Å². The smallest absolute Gasteiger partial charge is 0.407 e. The third-order valence-corrected chi connectivity index (χ3v) is 8.54. The molecule has 0 bridgehead atoms. The lowest BCUT2D eigenvalue weighted by Crippen LogP contribution is -2.47. The fourth-order valence-corrected chi connectivity index (χ4v) is 5.48. The first kappa shape index (κ1) is 26.3. The topological polar surface area (TPSA) is 124 Å². The Balaban J connectivity index is 1.85. The summed E-state index contributed by atoms with van der Waals surface area (Å²) in [6.07, 6.45) is -0.924. The van der Waals surface area contributed by atoms with Crippen LogP contribution in [0.25, 0.3) is 0 Å². The van der Waals surface area contributed by atoms with Crippen LogP contribution in [-0.2, 0) is 16.4 Å². The first-order valence-corrected chi connectivity index (χ1v) is 13.4. The molecule has 2 aromatic rings. The van der Waals surface area contributed by atoms with Gasteiger partial charge in [-0.15, -0.1) is 0 Å². The number of nitrogen functional groups attached to an aromatic ring is 1. The lowest BCUT2D eigenvalue weighted by atomic mass is 10.1. The van der Waals surface area contributed by atoms with Crippen molar-refractivity contribution in [1.82, 2.24) is 9.80 Å². The molecule has 0 saturated carbocycles. The first-order chi connectivity index (χ1) is 15.9. The summed E-state index contributed by atoms with van der Waals surface area (Å²) < 4.78 is 25.8. The number of anilines is 2. The third kappa shape index (κ3) is 5.65. The number of piperazine rings is 1. The van der Waals surface area contributed by atoms with Crippen LogP contribution < -0.4 is 10.6 Å². The highest BCUT2D eigenvalue weighted by Gasteiger charge is 2.26. The Bertz CT molecular complexity index is 1220. The fraction of sp³-hybridized carbons (Fsp3) is 0.364. The number of nitrogens with zero attached hydrogens (tertiary/aromatic N) is 3. The van der Waals surface area contributed by atoms with E-state index in [4.69, 9.17) is 22.4 Å². The molecular weight excluding hydrogens is 548 g/mol. The van der Waals surface area contributed by atoms with E-state index in [2.05, 4.69) is 20.8 Å². The average Bonchev–Trinajstić information content (AvgIpc) is 2.80. The largest absolute Gasteiger partial charge is 0.465 e. The van der Waals surface area contributed by atoms with E-state index in [0.717, 1.165) is 5.56 Å². The molecule has 3 N–H and O–H groups in total. The molecule has 1 fully saturated rings. The van der Waals surface area contributed by atoms with Crippen molar-refractivity contribution in [2.45, 2.75) is 18.4 Å². The Hall–Kier alpha value is -2.34. The second-order valence-corrected chi connectivity index (χ2v) is 11.5. The molecule has 0 unspecified atom stereocenters. The molecular formula is C22H26BrClN4O5S. The van der Waals surface area contributed by atoms with Crippen molar-refractivity contribution >= 4 is 60.7 Å². The van der Waals surface area contributed by atoms with Gasteiger partial charge in [-0.05, 0) is 35.9 Å². The monoisotopic (exact) mass is 572 g/mol. The predicted octanol–water partition coefficient (Wildman–Crippen LogP) is 3.55. The zero-order valence-electron chi connectivity index (χ0n) is 18.8. The highest BCUT2D eigenvalue weighted by molar-refractivity contribution is 9.10. The van der Waals surface area contributed by atoms with Crippen LogP contribution in [0.15, 0.2) is 39.7 Å². The van der Waals surface area contributed by atoms with Crippen molar-refractivity contribution in [1.29, 1.82) is 0 Å². The highest BCUT2D eigenvalue weighted by Crippen LogP contribution is 2.32. The van der Waals surface area contributed by atoms with Gasteiger partial charge >= 0.3 is 6.09 Å². The quantitative estimate of drug-likeness (QED) is 0.507. The number of carboxylic acid groups (broad SMARTS) is 1. The molecule has 1 saturated heterocycles. The second kappa shape index (κ2) is 10.5. The Morgan fingerprint density at radius 2 is 1.82 bits per heavy atom. The van der Waals surface area contributed by atoms with E-state index in [9.17, 15) is 18.0 Å². The number of halogens is 2. The second-order valence-electron chi connectivity index (χ2n) is 7.96. The van der Waals surface area contributed by atoms with Crippen LogP contribution in [0.5, 0.6) is 0 Å². The van der Waals surface area contributed by atoms with E-state index in [1.54, 1.807) is 12.1 Å². The van der Waals surface area contributed by atoms with Crippen LogP contribution in [0.3, 0.4) is 0 Å². The number of hydrogen-bond acceptors (Lipinski definition) is 6. The van der Waals surface area contributed by atoms with Gasteiger partial charge in [0.25, 0.3) is 5.91 Å². The SMILES string of the molecule is CCS(=O)(=O)c1ccc(Cl)cc1N(C)C(=O)c1cc(Br)c(CN2CCN(C(=O)O)CC2)cc1N. The first-order valence-electron chi connectivity index (χ1n) is 10.5. The number of sulfone groups is 1. The third-order valence-electron chi connectivity index (χ3n) is 5.79. The van der Waals surface area contributed by atoms with Crippen LogP contribution in [0, 0.1) is 0 Å². The lowest BCUT2D eigenvalue weighted by Gasteiger charge is -2.33. The average molecular weight is 574 g/mol. The van der Waals surface area contributed by atoms with Crippen LogP contribution in [0.1, 0.15) is 22.8 Å². The Kier molecular flexibility index (Phi) is 8.12. The van der Waals surface area contributed by atoms with Gasteiger partial charge in [-0.1, -0.05) is 34.5 Å². The molecule has 1 aliphatic heterocycles. The molecule has 0 aliphatic carbocycles. The molecule has 9 nitrogen and oxygen atoms in total. The minimum absolute atomic E-state index is 0.0185. The van der Waals surface area contributed by atoms with Gasteiger partial charge in [0.15, 0.2) is 9.84 Å². The molecule has 2 amide bonds. The normalized spacial score (nSPS) is 14.8. The van der Waals surface area contributed by atoms with Gasteiger partial charge in [0, 0.05) is 55.0 Å². The molecule has 2 aromatic carbocycles. The van der Waals surface area contributed by atoms with E-state index in [0.29, 0.717) is 42.2 Å². The van der Waals surface area contributed by atoms with Crippen molar-refractivity contribution in [2.75, 3.05) is 49.6 Å². The van der Waals surface area contributed by atoms with Crippen LogP contribution in [0.2, 0.25) is 5.02 Å². The van der Waals surface area contributed by atoms with Gasteiger partial charge in [0.05, 0.1) is 21.9 Å². The van der Waals surface area contributed by atoms with Crippen LogP contribution >= 0.6 is 27.5 Å². The summed E-state index contributed by atoms with van der Waals surface area (Å²) >= 11 is 9.61. The summed E-state index contributed by atoms with van der Waals surface area (Å²) in [5.41, 5.74) is 7.74. The van der Waals surface area contributed by atoms with Crippen molar-refractivity contribution in [2.24, 2.45) is 0 Å². The highest BCUT2D eigenvalue weighted by atomic mass is 79.9. The van der Waals surface area contributed by atoms with E-state index >= 15 is 0 Å². The van der Waals surface area contributed by atoms with Crippen molar-refractivity contribution < 1.29 is 23.1 Å². The zero-order valence-corrected chi connectivity index (χ0v) is 22.0. The molecule has 1 heterocycles. The van der Waals surface area contributed by atoms with Gasteiger partial charge in [-0.3, -0.25) is 9.69 Å². The number of benzene rings is 2. The summed E-state index contributed by atoms with van der Waals surface area (Å²) in [6, 6.07) is 7.64. The molecule has 0 aromatic heterocycles. The van der Waals surface area contributed by atoms with Gasteiger partial charge in [-0.2, -0.15) is 0 Å². The van der Waals surface area contributed by atoms with Gasteiger partial charge in [-0.25, -0.2) is 13.2 Å². The fourth-order valence-electron chi connectivity index (χ4n) is 3.74. The zero-order chi connectivity index (χ0) is 25.2. The van der Waals surface area contributed by atoms with Crippen LogP contribution in [0.4, 0.5) is 16.2 Å². The van der Waals surface area contributed by atoms with Gasteiger partial charge < -0.3 is 20.6 Å². The van der Waals surface area contributed by atoms with E-state index in [1.165, 1.54) is 42.0 Å². The summed E-state index contributed by atoms with van der Waals surface area (Å²) in [5.74, 6) is -0.595. The number of nitrogens with two attached hydrogens (primary N) is 1. The maximum Gasteiger partial charge on any atom is 0.407 e. The Morgan fingerprint density at radius 1 is 1.18 bits per heavy atom. The number of amides is 2. The maximum atomic E-state index is 13.3. The Labute approximate surface area is 212 Å². The molecule has 34 heavy (non-hydrogen) atoms. The van der Waals surface area contributed by atoms with Gasteiger partial charge in [0.1, 0.15) is 0 Å². The number of rotatable bonds is 6. The molecule has 3 rings (SSSR count). The van der Waals surface area contributed by atoms with E-state index < -0.39 is 21.8 Å². The minimum Gasteiger partial charge on any atom is -0.465 e. The Morgan fingerprint density at radius 3 is 2.41 bits per heavy atom. The summed E-state index contributed by atoms with van der Waals surface area (Å²) in [6.45, 7) is 4.09. The van der Waals surface area contributed by atoms with Crippen LogP contribution in [-0.4, -0.2) is 74.3 Å². The lowest BCUT2D eigenvalue weighted by molar-refractivity contribution is 0.0993. The van der Waals surface area contributed by atoms with E-state index in [1.807, 2.05) is 0 Å². The van der Waals surface area contributed by atoms with E-state index in [-0.39, 0.29) is 27.6 Å². The molecule has 12 heteroatoms. The van der Waals surface area contributed by atoms with Crippen molar-refractivity contribution in [3.63, 3.8) is 0 Å². The summed E-state index contributed by atoms with van der Waals surface area (Å²) in [7, 11) is -2.12. The minimum atomic E-state index is -3.60.